The molecule has 20 heavy (non-hydrogen) atoms. The van der Waals surface area contributed by atoms with Crippen LogP contribution in [0.1, 0.15) is 5.89 Å². The van der Waals surface area contributed by atoms with Crippen molar-refractivity contribution in [3.63, 3.8) is 0 Å². The van der Waals surface area contributed by atoms with E-state index in [4.69, 9.17) is 4.52 Å². The minimum absolute atomic E-state index is 0.485. The molecule has 0 atom stereocenters. The van der Waals surface area contributed by atoms with Crippen molar-refractivity contribution in [1.82, 2.24) is 15.1 Å². The fourth-order valence-electron chi connectivity index (χ4n) is 1.71. The number of aromatic nitrogens is 3. The van der Waals surface area contributed by atoms with Gasteiger partial charge < -0.3 is 9.84 Å². The molecule has 3 aromatic rings. The maximum Gasteiger partial charge on any atom is 0.246 e. The largest absolute Gasteiger partial charge is 0.376 e. The van der Waals surface area contributed by atoms with Crippen LogP contribution in [0.2, 0.25) is 0 Å². The summed E-state index contributed by atoms with van der Waals surface area (Å²) >= 11 is 3.37. The monoisotopic (exact) mass is 330 g/mol. The second kappa shape index (κ2) is 5.83. The molecule has 0 saturated heterocycles. The lowest BCUT2D eigenvalue weighted by atomic mass is 10.3. The van der Waals surface area contributed by atoms with Gasteiger partial charge in [0, 0.05) is 28.1 Å². The summed E-state index contributed by atoms with van der Waals surface area (Å²) in [4.78, 5) is 8.41. The Morgan fingerprint density at radius 1 is 1.15 bits per heavy atom. The van der Waals surface area contributed by atoms with Gasteiger partial charge in [-0.1, -0.05) is 23.4 Å². The summed E-state index contributed by atoms with van der Waals surface area (Å²) in [5.41, 5.74) is 1.82. The van der Waals surface area contributed by atoms with E-state index in [1.807, 2.05) is 36.4 Å². The van der Waals surface area contributed by atoms with Crippen LogP contribution in [-0.4, -0.2) is 15.1 Å². The molecule has 100 valence electrons. The van der Waals surface area contributed by atoms with Gasteiger partial charge in [-0.2, -0.15) is 4.98 Å². The van der Waals surface area contributed by atoms with Gasteiger partial charge in [-0.25, -0.2) is 0 Å². The van der Waals surface area contributed by atoms with Crippen LogP contribution < -0.4 is 5.32 Å². The number of benzene rings is 1. The van der Waals surface area contributed by atoms with Gasteiger partial charge in [0.15, 0.2) is 0 Å². The van der Waals surface area contributed by atoms with Crippen LogP contribution in [0.4, 0.5) is 5.69 Å². The molecule has 5 nitrogen and oxygen atoms in total. The van der Waals surface area contributed by atoms with E-state index in [0.717, 1.165) is 15.7 Å². The highest BCUT2D eigenvalue weighted by atomic mass is 79.9. The highest BCUT2D eigenvalue weighted by Gasteiger charge is 2.09. The molecule has 0 bridgehead atoms. The van der Waals surface area contributed by atoms with Gasteiger partial charge in [0.1, 0.15) is 0 Å². The van der Waals surface area contributed by atoms with Crippen LogP contribution in [0.25, 0.3) is 11.4 Å². The predicted octanol–water partition coefficient (Wildman–Crippen LogP) is 3.51. The van der Waals surface area contributed by atoms with Crippen molar-refractivity contribution in [2.75, 3.05) is 5.32 Å². The van der Waals surface area contributed by atoms with E-state index < -0.39 is 0 Å². The molecule has 1 N–H and O–H groups in total. The Morgan fingerprint density at radius 3 is 2.80 bits per heavy atom. The molecule has 0 fully saturated rings. The lowest BCUT2D eigenvalue weighted by Crippen LogP contribution is -1.99. The molecule has 2 heterocycles. The number of hydrogen-bond acceptors (Lipinski definition) is 5. The molecule has 1 aromatic carbocycles. The van der Waals surface area contributed by atoms with Crippen LogP contribution >= 0.6 is 15.9 Å². The molecule has 0 saturated carbocycles. The van der Waals surface area contributed by atoms with Crippen LogP contribution in [-0.2, 0) is 6.54 Å². The molecular weight excluding hydrogens is 320 g/mol. The molecule has 3 rings (SSSR count). The van der Waals surface area contributed by atoms with Crippen LogP contribution in [0.3, 0.4) is 0 Å². The van der Waals surface area contributed by atoms with E-state index in [1.165, 1.54) is 0 Å². The van der Waals surface area contributed by atoms with Crippen LogP contribution in [0, 0.1) is 0 Å². The lowest BCUT2D eigenvalue weighted by molar-refractivity contribution is 0.384. The first-order valence-electron chi connectivity index (χ1n) is 6.04. The summed E-state index contributed by atoms with van der Waals surface area (Å²) in [7, 11) is 0. The molecule has 2 aromatic heterocycles. The first-order valence-corrected chi connectivity index (χ1v) is 6.83. The Morgan fingerprint density at radius 2 is 2.00 bits per heavy atom. The molecular formula is C14H11BrN4O. The molecule has 0 unspecified atom stereocenters. The number of hydrogen-bond donors (Lipinski definition) is 1. The highest BCUT2D eigenvalue weighted by Crippen LogP contribution is 2.19. The first-order chi connectivity index (χ1) is 9.81. The number of pyridine rings is 1. The zero-order valence-electron chi connectivity index (χ0n) is 10.5. The standard InChI is InChI=1S/C14H11BrN4O/c15-11-6-10(7-16-8-11)14-18-13(20-19-14)9-17-12-4-2-1-3-5-12/h1-8,17H,9H2. The van der Waals surface area contributed by atoms with Crippen molar-refractivity contribution < 1.29 is 4.52 Å². The van der Waals surface area contributed by atoms with Crippen molar-refractivity contribution >= 4 is 21.6 Å². The van der Waals surface area contributed by atoms with Gasteiger partial charge in [-0.05, 0) is 34.1 Å². The van der Waals surface area contributed by atoms with Gasteiger partial charge in [0.2, 0.25) is 11.7 Å². The number of halogens is 1. The zero-order chi connectivity index (χ0) is 13.8. The maximum absolute atomic E-state index is 5.21. The number of anilines is 1. The molecule has 0 aliphatic heterocycles. The topological polar surface area (TPSA) is 63.8 Å². The Bertz CT molecular complexity index is 699. The summed E-state index contributed by atoms with van der Waals surface area (Å²) in [6.45, 7) is 0.485. The summed E-state index contributed by atoms with van der Waals surface area (Å²) in [6, 6.07) is 11.8. The third-order valence-corrected chi connectivity index (χ3v) is 3.08. The van der Waals surface area contributed by atoms with Gasteiger partial charge in [-0.3, -0.25) is 4.98 Å². The summed E-state index contributed by atoms with van der Waals surface area (Å²) in [5, 5.41) is 7.17. The summed E-state index contributed by atoms with van der Waals surface area (Å²) < 4.78 is 6.09. The molecule has 0 radical (unpaired) electrons. The number of nitrogens with zero attached hydrogens (tertiary/aromatic N) is 3. The fraction of sp³-hybridized carbons (Fsp3) is 0.0714. The second-order valence-corrected chi connectivity index (χ2v) is 5.04. The van der Waals surface area contributed by atoms with E-state index in [9.17, 15) is 0 Å². The van der Waals surface area contributed by atoms with Gasteiger partial charge in [0.25, 0.3) is 0 Å². The third-order valence-electron chi connectivity index (χ3n) is 2.65. The van der Waals surface area contributed by atoms with Gasteiger partial charge in [0.05, 0.1) is 6.54 Å². The summed E-state index contributed by atoms with van der Waals surface area (Å²) in [6.07, 6.45) is 3.41. The predicted molar refractivity (Wildman–Crippen MR) is 79.0 cm³/mol. The van der Waals surface area contributed by atoms with Crippen molar-refractivity contribution in [2.24, 2.45) is 0 Å². The van der Waals surface area contributed by atoms with E-state index >= 15 is 0 Å². The number of rotatable bonds is 4. The number of para-hydroxylation sites is 1. The lowest BCUT2D eigenvalue weighted by Gasteiger charge is -2.01. The molecule has 0 aliphatic rings. The average Bonchev–Trinajstić information content (AvgIpc) is 2.95. The second-order valence-electron chi connectivity index (χ2n) is 4.12. The minimum atomic E-state index is 0.485. The third kappa shape index (κ3) is 3.03. The van der Waals surface area contributed by atoms with E-state index in [1.54, 1.807) is 12.4 Å². The van der Waals surface area contributed by atoms with E-state index in [-0.39, 0.29) is 0 Å². The number of nitrogens with one attached hydrogen (secondary N) is 1. The van der Waals surface area contributed by atoms with Crippen molar-refractivity contribution in [2.45, 2.75) is 6.54 Å². The van der Waals surface area contributed by atoms with Gasteiger partial charge in [-0.15, -0.1) is 0 Å². The maximum atomic E-state index is 5.21. The van der Waals surface area contributed by atoms with E-state index in [0.29, 0.717) is 18.3 Å². The Balaban J connectivity index is 1.71. The van der Waals surface area contributed by atoms with Gasteiger partial charge >= 0.3 is 0 Å². The smallest absolute Gasteiger partial charge is 0.246 e. The van der Waals surface area contributed by atoms with Crippen LogP contribution in [0.15, 0.2) is 57.8 Å². The molecule has 6 heteroatoms. The molecule has 0 amide bonds. The SMILES string of the molecule is Brc1cncc(-c2noc(CNc3ccccc3)n2)c1. The Labute approximate surface area is 124 Å². The van der Waals surface area contributed by atoms with Crippen molar-refractivity contribution in [3.05, 3.63) is 59.2 Å². The first kappa shape index (κ1) is 12.8. The Hall–Kier alpha value is -2.21. The van der Waals surface area contributed by atoms with Crippen molar-refractivity contribution in [1.29, 1.82) is 0 Å². The van der Waals surface area contributed by atoms with E-state index in [2.05, 4.69) is 36.4 Å². The average molecular weight is 331 g/mol. The highest BCUT2D eigenvalue weighted by molar-refractivity contribution is 9.10. The van der Waals surface area contributed by atoms with Crippen LogP contribution in [0.5, 0.6) is 0 Å². The normalized spacial score (nSPS) is 10.4. The quantitative estimate of drug-likeness (QED) is 0.793. The molecule has 0 aliphatic carbocycles. The Kier molecular flexibility index (Phi) is 3.73. The zero-order valence-corrected chi connectivity index (χ0v) is 12.0. The molecule has 0 spiro atoms. The van der Waals surface area contributed by atoms with Crippen molar-refractivity contribution in [3.8, 4) is 11.4 Å². The fourth-order valence-corrected chi connectivity index (χ4v) is 2.08. The minimum Gasteiger partial charge on any atom is -0.376 e. The summed E-state index contributed by atoms with van der Waals surface area (Å²) in [5.74, 6) is 1.06.